The van der Waals surface area contributed by atoms with Gasteiger partial charge in [0.25, 0.3) is 0 Å². The van der Waals surface area contributed by atoms with Crippen LogP contribution in [0.2, 0.25) is 0 Å². The summed E-state index contributed by atoms with van der Waals surface area (Å²) in [5.74, 6) is -0.564. The van der Waals surface area contributed by atoms with Crippen LogP contribution in [0, 0.1) is 22.7 Å². The molecule has 23 heavy (non-hydrogen) atoms. The summed E-state index contributed by atoms with van der Waals surface area (Å²) in [5, 5.41) is 9.43. The summed E-state index contributed by atoms with van der Waals surface area (Å²) in [6.45, 7) is 1.75. The van der Waals surface area contributed by atoms with Crippen LogP contribution in [0.1, 0.15) is 24.4 Å². The number of hydrogen-bond donors (Lipinski definition) is 2. The van der Waals surface area contributed by atoms with E-state index in [4.69, 9.17) is 9.47 Å². The molecule has 2 N–H and O–H groups in total. The molecule has 0 aromatic heterocycles. The number of nitriles is 1. The fourth-order valence-electron chi connectivity index (χ4n) is 3.06. The van der Waals surface area contributed by atoms with Gasteiger partial charge in [-0.15, -0.1) is 0 Å². The van der Waals surface area contributed by atoms with Crippen molar-refractivity contribution in [3.05, 3.63) is 35.9 Å². The van der Waals surface area contributed by atoms with Crippen molar-refractivity contribution in [3.8, 4) is 6.07 Å². The monoisotopic (exact) mass is 315 g/mol. The van der Waals surface area contributed by atoms with Crippen LogP contribution in [0.5, 0.6) is 0 Å². The highest BCUT2D eigenvalue weighted by atomic mass is 16.5. The number of esters is 1. The Morgan fingerprint density at radius 3 is 2.78 bits per heavy atom. The highest BCUT2D eigenvalue weighted by Gasteiger charge is 2.38. The van der Waals surface area contributed by atoms with E-state index < -0.39 is 5.41 Å². The van der Waals surface area contributed by atoms with Gasteiger partial charge in [0.1, 0.15) is 6.61 Å². The zero-order valence-electron chi connectivity index (χ0n) is 13.0. The quantitative estimate of drug-likeness (QED) is 0.815. The second-order valence-corrected chi connectivity index (χ2v) is 6.13. The topological polar surface area (TPSA) is 83.4 Å². The molecule has 2 saturated heterocycles. The largest absolute Gasteiger partial charge is 0.464 e. The SMILES string of the molecule is N#CC1(COC(=O)C2CNNC2c2ccccc2)CCOCC1. The molecule has 1 aromatic rings. The van der Waals surface area contributed by atoms with Crippen LogP contribution in [0.15, 0.2) is 30.3 Å². The van der Waals surface area contributed by atoms with Crippen molar-refractivity contribution >= 4 is 5.97 Å². The van der Waals surface area contributed by atoms with Crippen LogP contribution >= 0.6 is 0 Å². The first-order valence-electron chi connectivity index (χ1n) is 7.93. The smallest absolute Gasteiger partial charge is 0.312 e. The second kappa shape index (κ2) is 7.09. The van der Waals surface area contributed by atoms with E-state index in [-0.39, 0.29) is 24.5 Å². The Morgan fingerprint density at radius 1 is 1.35 bits per heavy atom. The van der Waals surface area contributed by atoms with Gasteiger partial charge < -0.3 is 9.47 Å². The van der Waals surface area contributed by atoms with E-state index in [2.05, 4.69) is 16.9 Å². The van der Waals surface area contributed by atoms with Crippen LogP contribution in [-0.4, -0.2) is 32.3 Å². The van der Waals surface area contributed by atoms with Gasteiger partial charge >= 0.3 is 5.97 Å². The number of hydrazine groups is 1. The number of nitrogens with one attached hydrogen (secondary N) is 2. The summed E-state index contributed by atoms with van der Waals surface area (Å²) >= 11 is 0. The van der Waals surface area contributed by atoms with Gasteiger partial charge in [0.2, 0.25) is 0 Å². The van der Waals surface area contributed by atoms with Gasteiger partial charge in [0, 0.05) is 19.8 Å². The Balaban J connectivity index is 1.62. The molecule has 0 aliphatic carbocycles. The van der Waals surface area contributed by atoms with Crippen LogP contribution in [0.4, 0.5) is 0 Å². The third-order valence-electron chi connectivity index (χ3n) is 4.62. The molecule has 2 atom stereocenters. The van der Waals surface area contributed by atoms with Crippen LogP contribution < -0.4 is 10.9 Å². The van der Waals surface area contributed by atoms with E-state index >= 15 is 0 Å². The minimum atomic E-state index is -0.602. The van der Waals surface area contributed by atoms with E-state index in [1.807, 2.05) is 30.3 Å². The maximum atomic E-state index is 12.5. The molecule has 3 rings (SSSR count). The molecule has 0 amide bonds. The molecule has 122 valence electrons. The van der Waals surface area contributed by atoms with Crippen molar-refractivity contribution in [2.75, 3.05) is 26.4 Å². The number of nitrogens with zero attached hydrogens (tertiary/aromatic N) is 1. The third kappa shape index (κ3) is 3.53. The molecule has 0 spiro atoms. The highest BCUT2D eigenvalue weighted by molar-refractivity contribution is 5.74. The molecule has 1 aromatic carbocycles. The van der Waals surface area contributed by atoms with Crippen molar-refractivity contribution in [2.24, 2.45) is 11.3 Å². The summed E-state index contributed by atoms with van der Waals surface area (Å²) < 4.78 is 10.8. The number of hydrogen-bond acceptors (Lipinski definition) is 6. The Morgan fingerprint density at radius 2 is 2.09 bits per heavy atom. The molecule has 2 aliphatic heterocycles. The van der Waals surface area contributed by atoms with Gasteiger partial charge in [0.05, 0.1) is 23.4 Å². The van der Waals surface area contributed by atoms with E-state index in [0.717, 1.165) is 5.56 Å². The van der Waals surface area contributed by atoms with E-state index in [0.29, 0.717) is 32.6 Å². The molecule has 6 heteroatoms. The molecule has 0 bridgehead atoms. The van der Waals surface area contributed by atoms with Crippen LogP contribution in [-0.2, 0) is 14.3 Å². The first-order chi connectivity index (χ1) is 11.2. The molecule has 2 fully saturated rings. The summed E-state index contributed by atoms with van der Waals surface area (Å²) in [4.78, 5) is 12.5. The first-order valence-corrected chi connectivity index (χ1v) is 7.93. The van der Waals surface area contributed by atoms with Gasteiger partial charge in [-0.2, -0.15) is 5.26 Å². The normalized spacial score (nSPS) is 26.4. The fourth-order valence-corrected chi connectivity index (χ4v) is 3.06. The van der Waals surface area contributed by atoms with E-state index in [1.165, 1.54) is 0 Å². The molecule has 2 heterocycles. The fraction of sp³-hybridized carbons (Fsp3) is 0.529. The van der Waals surface area contributed by atoms with Crippen molar-refractivity contribution in [1.29, 1.82) is 5.26 Å². The molecule has 2 aliphatic rings. The Bertz CT molecular complexity index is 578. The average molecular weight is 315 g/mol. The summed E-state index contributed by atoms with van der Waals surface area (Å²) in [7, 11) is 0. The van der Waals surface area contributed by atoms with Gasteiger partial charge in [0.15, 0.2) is 0 Å². The predicted molar refractivity (Wildman–Crippen MR) is 82.9 cm³/mol. The van der Waals surface area contributed by atoms with Crippen molar-refractivity contribution in [3.63, 3.8) is 0 Å². The van der Waals surface area contributed by atoms with E-state index in [9.17, 15) is 10.1 Å². The van der Waals surface area contributed by atoms with Crippen molar-refractivity contribution in [1.82, 2.24) is 10.9 Å². The number of ether oxygens (including phenoxy) is 2. The van der Waals surface area contributed by atoms with Gasteiger partial charge in [-0.3, -0.25) is 10.2 Å². The van der Waals surface area contributed by atoms with Gasteiger partial charge in [-0.1, -0.05) is 30.3 Å². The molecule has 0 radical (unpaired) electrons. The first kappa shape index (κ1) is 15.9. The Hall–Kier alpha value is -1.94. The maximum Gasteiger partial charge on any atom is 0.312 e. The summed E-state index contributed by atoms with van der Waals surface area (Å²) in [6.07, 6.45) is 1.22. The molecular formula is C17H21N3O3. The number of rotatable bonds is 4. The number of carbonyl (C=O) groups is 1. The average Bonchev–Trinajstić information content (AvgIpc) is 3.11. The van der Waals surface area contributed by atoms with Crippen molar-refractivity contribution in [2.45, 2.75) is 18.9 Å². The van der Waals surface area contributed by atoms with Crippen LogP contribution in [0.25, 0.3) is 0 Å². The molecular weight excluding hydrogens is 294 g/mol. The lowest BCUT2D eigenvalue weighted by atomic mass is 9.82. The summed E-state index contributed by atoms with van der Waals surface area (Å²) in [6, 6.07) is 12.0. The number of benzene rings is 1. The van der Waals surface area contributed by atoms with Crippen LogP contribution in [0.3, 0.4) is 0 Å². The van der Waals surface area contributed by atoms with Gasteiger partial charge in [-0.25, -0.2) is 5.43 Å². The Labute approximate surface area is 135 Å². The van der Waals surface area contributed by atoms with E-state index in [1.54, 1.807) is 0 Å². The standard InChI is InChI=1S/C17H21N3O3/c18-11-17(6-8-22-9-7-17)12-23-16(21)14-10-19-20-15(14)13-4-2-1-3-5-13/h1-5,14-15,19-20H,6-10,12H2. The second-order valence-electron chi connectivity index (χ2n) is 6.13. The lowest BCUT2D eigenvalue weighted by Gasteiger charge is -2.30. The van der Waals surface area contributed by atoms with Gasteiger partial charge in [-0.05, 0) is 18.4 Å². The highest BCUT2D eigenvalue weighted by Crippen LogP contribution is 2.31. The lowest BCUT2D eigenvalue weighted by Crippen LogP contribution is -2.35. The molecule has 6 nitrogen and oxygen atoms in total. The maximum absolute atomic E-state index is 12.5. The zero-order valence-corrected chi connectivity index (χ0v) is 13.0. The van der Waals surface area contributed by atoms with Crippen molar-refractivity contribution < 1.29 is 14.3 Å². The Kier molecular flexibility index (Phi) is 4.91. The minimum absolute atomic E-state index is 0.114. The number of carbonyl (C=O) groups excluding carboxylic acids is 1. The third-order valence-corrected chi connectivity index (χ3v) is 4.62. The molecule has 0 saturated carbocycles. The summed E-state index contributed by atoms with van der Waals surface area (Å²) in [5.41, 5.74) is 6.60. The zero-order chi connectivity index (χ0) is 16.1. The predicted octanol–water partition coefficient (Wildman–Crippen LogP) is 1.32. The molecule has 2 unspecified atom stereocenters. The minimum Gasteiger partial charge on any atom is -0.464 e. The lowest BCUT2D eigenvalue weighted by molar-refractivity contribution is -0.152.